The van der Waals surface area contributed by atoms with Crippen LogP contribution in [-0.2, 0) is 4.79 Å². The number of hydrogen-bond donors (Lipinski definition) is 2. The summed E-state index contributed by atoms with van der Waals surface area (Å²) in [5, 5.41) is 6.38. The van der Waals surface area contributed by atoms with Crippen molar-refractivity contribution in [3.63, 3.8) is 0 Å². The topological polar surface area (TPSA) is 87.6 Å². The van der Waals surface area contributed by atoms with Gasteiger partial charge in [0.05, 0.1) is 6.21 Å². The van der Waals surface area contributed by atoms with Crippen molar-refractivity contribution in [2.45, 2.75) is 6.92 Å². The van der Waals surface area contributed by atoms with Gasteiger partial charge in [0.25, 0.3) is 11.8 Å². The molecule has 3 aromatic carbocycles. The smallest absolute Gasteiger partial charge is 0.287 e. The third kappa shape index (κ3) is 7.25. The van der Waals surface area contributed by atoms with Gasteiger partial charge in [0.15, 0.2) is 0 Å². The first-order chi connectivity index (χ1) is 16.0. The molecule has 0 aliphatic carbocycles. The van der Waals surface area contributed by atoms with Gasteiger partial charge in [-0.15, -0.1) is 0 Å². The molecule has 0 atom stereocenters. The van der Waals surface area contributed by atoms with Crippen LogP contribution in [0.1, 0.15) is 33.2 Å². The third-order valence-corrected chi connectivity index (χ3v) is 4.50. The summed E-state index contributed by atoms with van der Waals surface area (Å²) in [4.78, 5) is 37.5. The molecular formula is C27H23N3O3. The first kappa shape index (κ1) is 23.1. The lowest BCUT2D eigenvalue weighted by Gasteiger charge is -2.09. The summed E-state index contributed by atoms with van der Waals surface area (Å²) in [5.41, 5.74) is 4.85. The Bertz CT molecular complexity index is 1200. The molecule has 2 amide bonds. The van der Waals surface area contributed by atoms with Gasteiger partial charge in [0.2, 0.25) is 5.78 Å². The molecule has 164 valence electrons. The number of rotatable bonds is 8. The van der Waals surface area contributed by atoms with Crippen molar-refractivity contribution in [1.82, 2.24) is 10.7 Å². The number of amides is 2. The Hall–Kier alpha value is -4.58. The quantitative estimate of drug-likeness (QED) is 0.180. The molecule has 0 fully saturated rings. The standard InChI is InChI=1S/C27H23N3O3/c1-20(17-21-11-5-2-6-12-21)18-24(29-26(32)23-15-9-4-10-16-23)27(33)30-28-19-25(31)22-13-7-3-8-14-22/h2-19H,1H3,(H,29,32)(H,30,33). The van der Waals surface area contributed by atoms with Crippen LogP contribution in [0.4, 0.5) is 0 Å². The lowest BCUT2D eigenvalue weighted by Crippen LogP contribution is -2.33. The molecule has 0 aromatic heterocycles. The number of benzene rings is 3. The van der Waals surface area contributed by atoms with E-state index < -0.39 is 11.8 Å². The van der Waals surface area contributed by atoms with Crippen LogP contribution in [0.25, 0.3) is 6.08 Å². The molecule has 0 bridgehead atoms. The van der Waals surface area contributed by atoms with E-state index in [-0.39, 0.29) is 11.5 Å². The second kappa shape index (κ2) is 11.7. The van der Waals surface area contributed by atoms with Gasteiger partial charge in [-0.3, -0.25) is 14.4 Å². The summed E-state index contributed by atoms with van der Waals surface area (Å²) >= 11 is 0. The van der Waals surface area contributed by atoms with E-state index in [1.807, 2.05) is 43.3 Å². The Balaban J connectivity index is 1.78. The van der Waals surface area contributed by atoms with Crippen LogP contribution in [0.3, 0.4) is 0 Å². The molecule has 0 unspecified atom stereocenters. The molecule has 2 N–H and O–H groups in total. The van der Waals surface area contributed by atoms with Crippen LogP contribution < -0.4 is 10.7 Å². The molecular weight excluding hydrogens is 414 g/mol. The number of hydrazone groups is 1. The zero-order chi connectivity index (χ0) is 23.5. The van der Waals surface area contributed by atoms with E-state index in [0.717, 1.165) is 17.4 Å². The predicted molar refractivity (Wildman–Crippen MR) is 129 cm³/mol. The van der Waals surface area contributed by atoms with Crippen molar-refractivity contribution in [3.8, 4) is 0 Å². The van der Waals surface area contributed by atoms with Crippen LogP contribution in [-0.4, -0.2) is 23.8 Å². The number of ketones is 1. The minimum absolute atomic E-state index is 0.00200. The SMILES string of the molecule is CC(=Cc1ccccc1)C=C(NC(=O)c1ccccc1)C(=O)NN=CC(=O)c1ccccc1. The first-order valence-corrected chi connectivity index (χ1v) is 10.3. The van der Waals surface area contributed by atoms with E-state index in [4.69, 9.17) is 0 Å². The monoisotopic (exact) mass is 437 g/mol. The van der Waals surface area contributed by atoms with Crippen molar-refractivity contribution < 1.29 is 14.4 Å². The van der Waals surface area contributed by atoms with Crippen LogP contribution >= 0.6 is 0 Å². The molecule has 0 saturated heterocycles. The second-order valence-corrected chi connectivity index (χ2v) is 7.11. The Morgan fingerprint density at radius 2 is 1.30 bits per heavy atom. The van der Waals surface area contributed by atoms with Gasteiger partial charge in [-0.05, 0) is 36.3 Å². The molecule has 33 heavy (non-hydrogen) atoms. The molecule has 0 saturated carbocycles. The number of allylic oxidation sites excluding steroid dienone is 2. The minimum atomic E-state index is -0.655. The fourth-order valence-electron chi connectivity index (χ4n) is 2.91. The number of hydrogen-bond acceptors (Lipinski definition) is 4. The van der Waals surface area contributed by atoms with E-state index in [2.05, 4.69) is 15.8 Å². The Morgan fingerprint density at radius 1 is 0.758 bits per heavy atom. The molecule has 3 aromatic rings. The maximum Gasteiger partial charge on any atom is 0.287 e. The first-order valence-electron chi connectivity index (χ1n) is 10.3. The summed E-state index contributed by atoms with van der Waals surface area (Å²) in [6, 6.07) is 26.7. The summed E-state index contributed by atoms with van der Waals surface area (Å²) in [6.45, 7) is 1.82. The fourth-order valence-corrected chi connectivity index (χ4v) is 2.91. The highest BCUT2D eigenvalue weighted by molar-refractivity contribution is 6.35. The van der Waals surface area contributed by atoms with E-state index in [1.54, 1.807) is 66.7 Å². The third-order valence-electron chi connectivity index (χ3n) is 4.50. The normalized spacial score (nSPS) is 11.8. The molecule has 0 aliphatic heterocycles. The molecule has 3 rings (SSSR count). The summed E-state index contributed by atoms with van der Waals surface area (Å²) < 4.78 is 0. The maximum atomic E-state index is 12.8. The van der Waals surface area contributed by atoms with E-state index in [9.17, 15) is 14.4 Å². The number of nitrogens with zero attached hydrogens (tertiary/aromatic N) is 1. The van der Waals surface area contributed by atoms with Crippen molar-refractivity contribution >= 4 is 29.9 Å². The zero-order valence-corrected chi connectivity index (χ0v) is 18.1. The summed E-state index contributed by atoms with van der Waals surface area (Å²) in [5.74, 6) is -1.44. The Labute approximate surface area is 192 Å². The fraction of sp³-hybridized carbons (Fsp3) is 0.0370. The lowest BCUT2D eigenvalue weighted by atomic mass is 10.1. The Kier molecular flexibility index (Phi) is 8.20. The molecule has 0 heterocycles. The van der Waals surface area contributed by atoms with Crippen LogP contribution in [0, 0.1) is 0 Å². The largest absolute Gasteiger partial charge is 0.317 e. The average molecular weight is 437 g/mol. The van der Waals surface area contributed by atoms with Crippen molar-refractivity contribution in [1.29, 1.82) is 0 Å². The van der Waals surface area contributed by atoms with Crippen LogP contribution in [0.2, 0.25) is 0 Å². The molecule has 0 aliphatic rings. The average Bonchev–Trinajstić information content (AvgIpc) is 2.85. The minimum Gasteiger partial charge on any atom is -0.317 e. The molecule has 0 spiro atoms. The Morgan fingerprint density at radius 3 is 1.91 bits per heavy atom. The second-order valence-electron chi connectivity index (χ2n) is 7.11. The summed E-state index contributed by atoms with van der Waals surface area (Å²) in [7, 11) is 0. The highest BCUT2D eigenvalue weighted by atomic mass is 16.2. The highest BCUT2D eigenvalue weighted by Crippen LogP contribution is 2.10. The molecule has 6 heteroatoms. The molecule has 6 nitrogen and oxygen atoms in total. The number of carbonyl (C=O) groups excluding carboxylic acids is 3. The van der Waals surface area contributed by atoms with Crippen molar-refractivity contribution in [2.75, 3.05) is 0 Å². The highest BCUT2D eigenvalue weighted by Gasteiger charge is 2.14. The number of Topliss-reactive ketones (excluding diaryl/α,β-unsaturated/α-hetero) is 1. The van der Waals surface area contributed by atoms with Gasteiger partial charge in [-0.25, -0.2) is 5.43 Å². The van der Waals surface area contributed by atoms with Gasteiger partial charge in [-0.1, -0.05) is 84.9 Å². The predicted octanol–water partition coefficient (Wildman–Crippen LogP) is 4.39. The number of nitrogens with one attached hydrogen (secondary N) is 2. The lowest BCUT2D eigenvalue weighted by molar-refractivity contribution is -0.117. The van der Waals surface area contributed by atoms with Crippen molar-refractivity contribution in [2.24, 2.45) is 5.10 Å². The van der Waals surface area contributed by atoms with Crippen LogP contribution in [0.5, 0.6) is 0 Å². The maximum absolute atomic E-state index is 12.8. The van der Waals surface area contributed by atoms with Gasteiger partial charge in [0, 0.05) is 11.1 Å². The molecule has 0 radical (unpaired) electrons. The van der Waals surface area contributed by atoms with Crippen LogP contribution in [0.15, 0.2) is 113 Å². The zero-order valence-electron chi connectivity index (χ0n) is 18.1. The van der Waals surface area contributed by atoms with Gasteiger partial charge < -0.3 is 5.32 Å². The summed E-state index contributed by atoms with van der Waals surface area (Å²) in [6.07, 6.45) is 4.46. The van der Waals surface area contributed by atoms with E-state index in [1.165, 1.54) is 0 Å². The number of carbonyl (C=O) groups is 3. The van der Waals surface area contributed by atoms with E-state index in [0.29, 0.717) is 11.1 Å². The van der Waals surface area contributed by atoms with Gasteiger partial charge in [0.1, 0.15) is 5.70 Å². The van der Waals surface area contributed by atoms with Gasteiger partial charge in [-0.2, -0.15) is 5.10 Å². The van der Waals surface area contributed by atoms with Gasteiger partial charge >= 0.3 is 0 Å². The van der Waals surface area contributed by atoms with E-state index >= 15 is 0 Å². The van der Waals surface area contributed by atoms with Crippen molar-refractivity contribution in [3.05, 3.63) is 125 Å².